The largest absolute Gasteiger partial charge is 0.481 e. The highest BCUT2D eigenvalue weighted by Gasteiger charge is 2.11. The highest BCUT2D eigenvalue weighted by Crippen LogP contribution is 2.08. The van der Waals surface area contributed by atoms with E-state index in [1.54, 1.807) is 6.20 Å². The Balaban J connectivity index is 3.92. The van der Waals surface area contributed by atoms with Crippen molar-refractivity contribution in [3.05, 3.63) is 12.3 Å². The van der Waals surface area contributed by atoms with E-state index in [2.05, 4.69) is 6.92 Å². The summed E-state index contributed by atoms with van der Waals surface area (Å²) in [5.74, 6) is -1.24. The maximum Gasteiger partial charge on any atom is 0.303 e. The van der Waals surface area contributed by atoms with Gasteiger partial charge in [0.15, 0.2) is 0 Å². The second-order valence-corrected chi connectivity index (χ2v) is 5.15. The van der Waals surface area contributed by atoms with E-state index in [4.69, 9.17) is 10.2 Å². The van der Waals surface area contributed by atoms with Crippen molar-refractivity contribution in [1.29, 1.82) is 0 Å². The quantitative estimate of drug-likeness (QED) is 0.513. The Morgan fingerprint density at radius 3 is 2.33 bits per heavy atom. The molecule has 0 aromatic rings. The first kappa shape index (κ1) is 19.6. The Hall–Kier alpha value is -1.36. The molecule has 2 N–H and O–H groups in total. The van der Waals surface area contributed by atoms with E-state index in [0.29, 0.717) is 0 Å². The second-order valence-electron chi connectivity index (χ2n) is 5.15. The van der Waals surface area contributed by atoms with Gasteiger partial charge in [-0.2, -0.15) is 0 Å². The van der Waals surface area contributed by atoms with Crippen molar-refractivity contribution >= 4 is 11.9 Å². The molecule has 0 saturated heterocycles. The number of nitrogens with zero attached hydrogens (tertiary/aromatic N) is 1. The molecule has 0 bridgehead atoms. The van der Waals surface area contributed by atoms with E-state index in [1.165, 1.54) is 37.0 Å². The minimum Gasteiger partial charge on any atom is -0.481 e. The minimum atomic E-state index is -0.983. The highest BCUT2D eigenvalue weighted by atomic mass is 16.4. The molecular weight excluding hydrogens is 270 g/mol. The number of allylic oxidation sites excluding steroid dienone is 1. The third-order valence-electron chi connectivity index (χ3n) is 3.22. The number of aliphatic hydroxyl groups excluding tert-OH is 1. The van der Waals surface area contributed by atoms with E-state index in [0.717, 1.165) is 12.8 Å². The van der Waals surface area contributed by atoms with Crippen LogP contribution in [-0.4, -0.2) is 40.1 Å². The average molecular weight is 299 g/mol. The average Bonchev–Trinajstić information content (AvgIpc) is 2.46. The molecular formula is C16H29NO4. The first-order chi connectivity index (χ1) is 10.1. The number of carboxylic acid groups (broad SMARTS) is 1. The van der Waals surface area contributed by atoms with Gasteiger partial charge in [-0.3, -0.25) is 9.59 Å². The number of hydrogen-bond donors (Lipinski definition) is 2. The zero-order valence-electron chi connectivity index (χ0n) is 13.1. The molecule has 0 aliphatic carbocycles. The standard InChI is InChI=1S/C16H29NO4/c1-2-3-4-5-6-7-8-9-12-17(13-14-18)15(19)10-11-16(20)21/h9,12,18H,2-8,10-11,13-14H2,1H3,(H,20,21). The minimum absolute atomic E-state index is 0.0311. The van der Waals surface area contributed by atoms with Crippen LogP contribution >= 0.6 is 0 Å². The fourth-order valence-electron chi connectivity index (χ4n) is 1.99. The molecule has 21 heavy (non-hydrogen) atoms. The number of carbonyl (C=O) groups excluding carboxylic acids is 1. The zero-order valence-corrected chi connectivity index (χ0v) is 13.1. The SMILES string of the molecule is CCCCCCCCC=CN(CCO)C(=O)CCC(=O)O. The van der Waals surface area contributed by atoms with Crippen molar-refractivity contribution in [3.8, 4) is 0 Å². The number of hydrogen-bond acceptors (Lipinski definition) is 3. The Kier molecular flexibility index (Phi) is 12.7. The first-order valence-corrected chi connectivity index (χ1v) is 7.90. The fourth-order valence-corrected chi connectivity index (χ4v) is 1.99. The van der Waals surface area contributed by atoms with Gasteiger partial charge in [0, 0.05) is 19.2 Å². The smallest absolute Gasteiger partial charge is 0.303 e. The lowest BCUT2D eigenvalue weighted by Gasteiger charge is -2.16. The number of rotatable bonds is 13. The molecule has 0 fully saturated rings. The lowest BCUT2D eigenvalue weighted by Crippen LogP contribution is -2.28. The number of unbranched alkanes of at least 4 members (excludes halogenated alkanes) is 6. The van der Waals surface area contributed by atoms with Gasteiger partial charge in [0.05, 0.1) is 13.0 Å². The van der Waals surface area contributed by atoms with E-state index in [1.807, 2.05) is 6.08 Å². The van der Waals surface area contributed by atoms with Crippen LogP contribution in [0.1, 0.15) is 64.7 Å². The predicted molar refractivity (Wildman–Crippen MR) is 82.8 cm³/mol. The van der Waals surface area contributed by atoms with Gasteiger partial charge in [-0.15, -0.1) is 0 Å². The van der Waals surface area contributed by atoms with Crippen molar-refractivity contribution < 1.29 is 19.8 Å². The van der Waals surface area contributed by atoms with Crippen molar-refractivity contribution in [3.63, 3.8) is 0 Å². The Labute approximate surface area is 127 Å². The van der Waals surface area contributed by atoms with Crippen LogP contribution < -0.4 is 0 Å². The molecule has 0 rings (SSSR count). The summed E-state index contributed by atoms with van der Waals surface area (Å²) in [5, 5.41) is 17.5. The molecule has 0 unspecified atom stereocenters. The summed E-state index contributed by atoms with van der Waals surface area (Å²) >= 11 is 0. The van der Waals surface area contributed by atoms with Crippen LogP contribution in [-0.2, 0) is 9.59 Å². The predicted octanol–water partition coefficient (Wildman–Crippen LogP) is 2.94. The lowest BCUT2D eigenvalue weighted by molar-refractivity contribution is -0.140. The van der Waals surface area contributed by atoms with Crippen LogP contribution in [0.5, 0.6) is 0 Å². The topological polar surface area (TPSA) is 77.8 Å². The van der Waals surface area contributed by atoms with E-state index >= 15 is 0 Å². The van der Waals surface area contributed by atoms with Crippen LogP contribution in [0.15, 0.2) is 12.3 Å². The van der Waals surface area contributed by atoms with Gasteiger partial charge in [0.2, 0.25) is 5.91 Å². The fraction of sp³-hybridized carbons (Fsp3) is 0.750. The van der Waals surface area contributed by atoms with Crippen LogP contribution in [0.3, 0.4) is 0 Å². The molecule has 0 aromatic carbocycles. The monoisotopic (exact) mass is 299 g/mol. The molecule has 122 valence electrons. The molecule has 0 heterocycles. The Morgan fingerprint density at radius 1 is 1.05 bits per heavy atom. The summed E-state index contributed by atoms with van der Waals surface area (Å²) in [4.78, 5) is 23.6. The molecule has 0 spiro atoms. The Bertz CT molecular complexity index is 315. The molecule has 0 aliphatic rings. The van der Waals surface area contributed by atoms with Gasteiger partial charge in [-0.25, -0.2) is 0 Å². The van der Waals surface area contributed by atoms with Crippen LogP contribution in [0, 0.1) is 0 Å². The third-order valence-corrected chi connectivity index (χ3v) is 3.22. The van der Waals surface area contributed by atoms with Crippen molar-refractivity contribution in [2.75, 3.05) is 13.2 Å². The van der Waals surface area contributed by atoms with Crippen molar-refractivity contribution in [1.82, 2.24) is 4.90 Å². The van der Waals surface area contributed by atoms with Gasteiger partial charge >= 0.3 is 5.97 Å². The van der Waals surface area contributed by atoms with Crippen molar-refractivity contribution in [2.45, 2.75) is 64.7 Å². The van der Waals surface area contributed by atoms with Crippen LogP contribution in [0.2, 0.25) is 0 Å². The van der Waals surface area contributed by atoms with Crippen LogP contribution in [0.4, 0.5) is 0 Å². The van der Waals surface area contributed by atoms with Gasteiger partial charge in [0.25, 0.3) is 0 Å². The molecule has 0 radical (unpaired) electrons. The van der Waals surface area contributed by atoms with E-state index in [9.17, 15) is 9.59 Å². The van der Waals surface area contributed by atoms with E-state index < -0.39 is 5.97 Å². The summed E-state index contributed by atoms with van der Waals surface area (Å²) < 4.78 is 0. The Morgan fingerprint density at radius 2 is 1.71 bits per heavy atom. The summed E-state index contributed by atoms with van der Waals surface area (Å²) in [5.41, 5.74) is 0. The summed E-state index contributed by atoms with van der Waals surface area (Å²) in [6, 6.07) is 0. The molecule has 0 saturated carbocycles. The lowest BCUT2D eigenvalue weighted by atomic mass is 10.1. The second kappa shape index (κ2) is 13.6. The molecule has 0 atom stereocenters. The summed E-state index contributed by atoms with van der Waals surface area (Å²) in [6.45, 7) is 2.28. The van der Waals surface area contributed by atoms with E-state index in [-0.39, 0.29) is 31.9 Å². The molecule has 1 amide bonds. The maximum atomic E-state index is 11.8. The molecule has 0 aliphatic heterocycles. The van der Waals surface area contributed by atoms with Gasteiger partial charge in [0.1, 0.15) is 0 Å². The van der Waals surface area contributed by atoms with Gasteiger partial charge in [-0.05, 0) is 12.8 Å². The third kappa shape index (κ3) is 12.1. The summed E-state index contributed by atoms with van der Waals surface area (Å²) in [6.07, 6.45) is 11.6. The van der Waals surface area contributed by atoms with Gasteiger partial charge in [-0.1, -0.05) is 45.1 Å². The molecule has 0 aromatic heterocycles. The maximum absolute atomic E-state index is 11.8. The molecule has 5 heteroatoms. The molecule has 5 nitrogen and oxygen atoms in total. The van der Waals surface area contributed by atoms with Gasteiger partial charge < -0.3 is 15.1 Å². The normalized spacial score (nSPS) is 11.0. The number of aliphatic hydroxyl groups is 1. The van der Waals surface area contributed by atoms with Crippen molar-refractivity contribution in [2.24, 2.45) is 0 Å². The number of carbonyl (C=O) groups is 2. The summed E-state index contributed by atoms with van der Waals surface area (Å²) in [7, 11) is 0. The number of aliphatic carboxylic acids is 1. The van der Waals surface area contributed by atoms with Crippen LogP contribution in [0.25, 0.3) is 0 Å². The first-order valence-electron chi connectivity index (χ1n) is 7.90. The zero-order chi connectivity index (χ0) is 15.9. The highest BCUT2D eigenvalue weighted by molar-refractivity contribution is 5.81. The number of amides is 1. The number of carboxylic acids is 1.